The first-order valence-electron chi connectivity index (χ1n) is 19.9. The number of halogens is 1. The molecule has 1 aromatic heterocycles. The first-order chi connectivity index (χ1) is 25.1. The average Bonchev–Trinajstić information content (AvgIpc) is 3.43. The molecule has 3 N–H and O–H groups in total. The van der Waals surface area contributed by atoms with Gasteiger partial charge in [0.05, 0.1) is 11.8 Å². The van der Waals surface area contributed by atoms with Crippen LogP contribution in [0, 0.1) is 46.3 Å². The number of anilines is 1. The maximum Gasteiger partial charge on any atom is 0.302 e. The molecular weight excluding hydrogens is 712 g/mol. The Morgan fingerprint density at radius 1 is 0.981 bits per heavy atom. The van der Waals surface area contributed by atoms with Crippen molar-refractivity contribution in [2.45, 2.75) is 117 Å². The van der Waals surface area contributed by atoms with Gasteiger partial charge < -0.3 is 20.1 Å². The summed E-state index contributed by atoms with van der Waals surface area (Å²) in [4.78, 5) is 29.7. The summed E-state index contributed by atoms with van der Waals surface area (Å²) >= 11 is 6.15. The molecule has 0 radical (unpaired) electrons. The summed E-state index contributed by atoms with van der Waals surface area (Å²) in [6.07, 6.45) is 11.8. The molecule has 294 valence electrons. The third-order valence-corrected chi connectivity index (χ3v) is 15.1. The SMILES string of the molecule is CC(=O)O[C@H]1CC2C(C3CC[C@H](C(C)CCCNCCCNc4ccnc5cc(Cl)ccc45)[C@]31C)[C@H](OC(C)=O)C[C@@H]1C[C@H](NS(C)(=O)=O)CC[C@]21C. The molecule has 4 aliphatic rings. The van der Waals surface area contributed by atoms with Crippen LogP contribution in [0.1, 0.15) is 98.8 Å². The average molecular weight is 773 g/mol. The highest BCUT2D eigenvalue weighted by Gasteiger charge is 2.67. The Morgan fingerprint density at radius 2 is 1.74 bits per heavy atom. The van der Waals surface area contributed by atoms with Crippen molar-refractivity contribution in [2.24, 2.45) is 46.3 Å². The van der Waals surface area contributed by atoms with Crippen molar-refractivity contribution in [3.8, 4) is 0 Å². The molecule has 0 spiro atoms. The number of fused-ring (bicyclic) bond motifs is 6. The maximum absolute atomic E-state index is 12.7. The number of nitrogens with zero attached hydrogens (tertiary/aromatic N) is 1. The fourth-order valence-electron chi connectivity index (χ4n) is 11.8. The van der Waals surface area contributed by atoms with E-state index in [9.17, 15) is 18.0 Å². The van der Waals surface area contributed by atoms with Gasteiger partial charge in [-0.2, -0.15) is 0 Å². The van der Waals surface area contributed by atoms with E-state index in [4.69, 9.17) is 21.1 Å². The van der Waals surface area contributed by atoms with E-state index in [0.717, 1.165) is 100 Å². The monoisotopic (exact) mass is 772 g/mol. The molecule has 0 saturated heterocycles. The van der Waals surface area contributed by atoms with Crippen LogP contribution >= 0.6 is 11.6 Å². The first-order valence-corrected chi connectivity index (χ1v) is 22.2. The number of nitrogens with one attached hydrogen (secondary N) is 3. The number of carbonyl (C=O) groups excluding carboxylic acids is 2. The van der Waals surface area contributed by atoms with E-state index in [1.807, 2.05) is 30.5 Å². The Labute approximate surface area is 321 Å². The van der Waals surface area contributed by atoms with Gasteiger partial charge in [0.25, 0.3) is 0 Å². The van der Waals surface area contributed by atoms with Gasteiger partial charge in [0.15, 0.2) is 0 Å². The summed E-state index contributed by atoms with van der Waals surface area (Å²) in [5.74, 6) is 1.23. The van der Waals surface area contributed by atoms with Crippen molar-refractivity contribution < 1.29 is 27.5 Å². The fraction of sp³-hybridized carbons (Fsp3) is 0.732. The number of rotatable bonds is 14. The van der Waals surface area contributed by atoms with Crippen LogP contribution in [-0.4, -0.2) is 69.5 Å². The lowest BCUT2D eigenvalue weighted by molar-refractivity contribution is -0.220. The molecular formula is C41H61ClN4O6S. The van der Waals surface area contributed by atoms with E-state index in [-0.39, 0.29) is 64.7 Å². The lowest BCUT2D eigenvalue weighted by Crippen LogP contribution is -2.64. The minimum absolute atomic E-state index is 0.0536. The summed E-state index contributed by atoms with van der Waals surface area (Å²) in [5, 5.41) is 8.95. The molecule has 0 amide bonds. The van der Waals surface area contributed by atoms with E-state index in [1.54, 1.807) is 0 Å². The molecule has 0 bridgehead atoms. The number of pyridine rings is 1. The third kappa shape index (κ3) is 8.68. The standard InChI is InChI=1S/C41H61ClN4O6S/c1-25(9-7-17-43-18-8-19-44-35-15-20-45-36-23-29(42)10-11-31(35)36)32-12-13-33-39-34(24-38(41(32,33)5)52-27(3)48)40(4)16-14-30(46-53(6,49)50)21-28(40)22-37(39)51-26(2)47/h10-11,15,20,23,25,28,30,32-34,37-39,43,46H,7-9,12-14,16-19,21-22,24H2,1-6H3,(H,44,45)/t25?,28-,30+,32+,33?,34?,37+,38-,39?,40-,41+/m0/s1. The van der Waals surface area contributed by atoms with Gasteiger partial charge in [-0.25, -0.2) is 13.1 Å². The number of aromatic nitrogens is 1. The minimum atomic E-state index is -3.33. The third-order valence-electron chi connectivity index (χ3n) is 14.1. The highest BCUT2D eigenvalue weighted by atomic mass is 35.5. The second kappa shape index (κ2) is 16.3. The van der Waals surface area contributed by atoms with Crippen LogP contribution in [0.4, 0.5) is 5.69 Å². The molecule has 2 aromatic rings. The summed E-state index contributed by atoms with van der Waals surface area (Å²) in [6, 6.07) is 7.68. The van der Waals surface area contributed by atoms with Gasteiger partial charge in [-0.3, -0.25) is 14.6 Å². The predicted octanol–water partition coefficient (Wildman–Crippen LogP) is 7.36. The van der Waals surface area contributed by atoms with Gasteiger partial charge in [-0.1, -0.05) is 32.4 Å². The summed E-state index contributed by atoms with van der Waals surface area (Å²) in [5.41, 5.74) is 1.69. The van der Waals surface area contributed by atoms with Crippen molar-refractivity contribution in [3.05, 3.63) is 35.5 Å². The van der Waals surface area contributed by atoms with E-state index in [0.29, 0.717) is 16.9 Å². The molecule has 4 fully saturated rings. The fourth-order valence-corrected chi connectivity index (χ4v) is 12.8. The summed E-state index contributed by atoms with van der Waals surface area (Å²) in [6.45, 7) is 12.9. The molecule has 53 heavy (non-hydrogen) atoms. The molecule has 1 aromatic carbocycles. The topological polar surface area (TPSA) is 136 Å². The van der Waals surface area contributed by atoms with Crippen LogP contribution in [0.2, 0.25) is 5.02 Å². The molecule has 0 aliphatic heterocycles. The Hall–Kier alpha value is -2.47. The van der Waals surface area contributed by atoms with Crippen molar-refractivity contribution in [1.82, 2.24) is 15.0 Å². The van der Waals surface area contributed by atoms with Gasteiger partial charge in [0, 0.05) is 60.1 Å². The molecule has 1 heterocycles. The van der Waals surface area contributed by atoms with Gasteiger partial charge in [0.2, 0.25) is 10.0 Å². The van der Waals surface area contributed by atoms with Gasteiger partial charge in [-0.15, -0.1) is 0 Å². The Morgan fingerprint density at radius 3 is 2.47 bits per heavy atom. The van der Waals surface area contributed by atoms with Crippen LogP contribution in [0.5, 0.6) is 0 Å². The quantitative estimate of drug-likeness (QED) is 0.133. The molecule has 6 rings (SSSR count). The molecule has 4 saturated carbocycles. The molecule has 4 aliphatic carbocycles. The van der Waals surface area contributed by atoms with Crippen LogP contribution in [0.15, 0.2) is 30.5 Å². The summed E-state index contributed by atoms with van der Waals surface area (Å²) < 4.78 is 39.7. The molecule has 4 unspecified atom stereocenters. The van der Waals surface area contributed by atoms with Gasteiger partial charge in [-0.05, 0) is 137 Å². The number of carbonyl (C=O) groups is 2. The van der Waals surface area contributed by atoms with Crippen LogP contribution in [-0.2, 0) is 29.1 Å². The van der Waals surface area contributed by atoms with Crippen LogP contribution in [0.25, 0.3) is 10.9 Å². The van der Waals surface area contributed by atoms with Crippen molar-refractivity contribution >= 4 is 50.2 Å². The van der Waals surface area contributed by atoms with Crippen LogP contribution in [0.3, 0.4) is 0 Å². The smallest absolute Gasteiger partial charge is 0.302 e. The largest absolute Gasteiger partial charge is 0.462 e. The lowest BCUT2D eigenvalue weighted by atomic mass is 9.43. The van der Waals surface area contributed by atoms with Crippen LogP contribution < -0.4 is 15.4 Å². The molecule has 10 nitrogen and oxygen atoms in total. The van der Waals surface area contributed by atoms with Crippen molar-refractivity contribution in [2.75, 3.05) is 31.2 Å². The van der Waals surface area contributed by atoms with Gasteiger partial charge >= 0.3 is 11.9 Å². The van der Waals surface area contributed by atoms with E-state index < -0.39 is 10.0 Å². The zero-order valence-electron chi connectivity index (χ0n) is 32.5. The number of benzene rings is 1. The number of sulfonamides is 1. The normalized spacial score (nSPS) is 34.4. The van der Waals surface area contributed by atoms with Crippen molar-refractivity contribution in [3.63, 3.8) is 0 Å². The molecule has 11 atom stereocenters. The van der Waals surface area contributed by atoms with E-state index in [1.165, 1.54) is 20.1 Å². The second-order valence-corrected chi connectivity index (χ2v) is 19.5. The van der Waals surface area contributed by atoms with Gasteiger partial charge in [0.1, 0.15) is 12.2 Å². The Balaban J connectivity index is 1.08. The zero-order valence-corrected chi connectivity index (χ0v) is 34.0. The number of ether oxygens (including phenoxy) is 2. The predicted molar refractivity (Wildman–Crippen MR) is 210 cm³/mol. The number of esters is 2. The van der Waals surface area contributed by atoms with Crippen molar-refractivity contribution in [1.29, 1.82) is 0 Å². The lowest BCUT2D eigenvalue weighted by Gasteiger charge is -2.64. The Bertz CT molecular complexity index is 1740. The second-order valence-electron chi connectivity index (χ2n) is 17.3. The zero-order chi connectivity index (χ0) is 38.1. The highest BCUT2D eigenvalue weighted by molar-refractivity contribution is 7.88. The number of hydrogen-bond donors (Lipinski definition) is 3. The number of hydrogen-bond acceptors (Lipinski definition) is 9. The maximum atomic E-state index is 12.7. The first kappa shape index (κ1) is 40.2. The highest BCUT2D eigenvalue weighted by Crippen LogP contribution is 2.69. The summed E-state index contributed by atoms with van der Waals surface area (Å²) in [7, 11) is -3.33. The Kier molecular flexibility index (Phi) is 12.4. The molecule has 12 heteroatoms. The van der Waals surface area contributed by atoms with E-state index in [2.05, 4.69) is 41.1 Å². The van der Waals surface area contributed by atoms with E-state index >= 15 is 0 Å². The minimum Gasteiger partial charge on any atom is -0.462 e.